The van der Waals surface area contributed by atoms with Crippen molar-refractivity contribution in [3.05, 3.63) is 84.4 Å². The van der Waals surface area contributed by atoms with Crippen molar-refractivity contribution in [1.29, 1.82) is 0 Å². The number of rotatable bonds is 6. The smallest absolute Gasteiger partial charge is 0.258 e. The molecule has 2 aromatic heterocycles. The molecule has 0 saturated heterocycles. The van der Waals surface area contributed by atoms with Gasteiger partial charge in [-0.2, -0.15) is 0 Å². The Morgan fingerprint density at radius 1 is 0.969 bits per heavy atom. The van der Waals surface area contributed by atoms with Crippen molar-refractivity contribution in [1.82, 2.24) is 20.0 Å². The second-order valence-electron chi connectivity index (χ2n) is 8.55. The SMILES string of the molecule is O=C(c1ccc(Cn2ccnn2)c2ccccc12)N(CC1CCCCC1)c1cccnc1. The number of amides is 1. The summed E-state index contributed by atoms with van der Waals surface area (Å²) < 4.78 is 1.80. The highest BCUT2D eigenvalue weighted by atomic mass is 16.2. The van der Waals surface area contributed by atoms with E-state index in [2.05, 4.69) is 21.4 Å². The number of carbonyl (C=O) groups excluding carboxylic acids is 1. The number of benzene rings is 2. The van der Waals surface area contributed by atoms with Crippen LogP contribution in [-0.4, -0.2) is 32.4 Å². The topological polar surface area (TPSA) is 63.9 Å². The standard InChI is InChI=1S/C26H27N5O/c32-26(31(22-9-6-14-27-17-22)18-20-7-2-1-3-8-20)25-13-12-21(19-30-16-15-28-29-30)23-10-4-5-11-24(23)25/h4-6,9-17,20H,1-3,7-8,18-19H2. The summed E-state index contributed by atoms with van der Waals surface area (Å²) in [4.78, 5) is 20.1. The summed E-state index contributed by atoms with van der Waals surface area (Å²) in [6.45, 7) is 1.35. The van der Waals surface area contributed by atoms with E-state index < -0.39 is 0 Å². The highest BCUT2D eigenvalue weighted by Crippen LogP contribution is 2.30. The van der Waals surface area contributed by atoms with Gasteiger partial charge in [0, 0.05) is 24.5 Å². The molecule has 6 nitrogen and oxygen atoms in total. The molecular weight excluding hydrogens is 398 g/mol. The van der Waals surface area contributed by atoms with Crippen molar-refractivity contribution in [2.75, 3.05) is 11.4 Å². The molecule has 0 N–H and O–H groups in total. The lowest BCUT2D eigenvalue weighted by atomic mass is 9.88. The van der Waals surface area contributed by atoms with Gasteiger partial charge >= 0.3 is 0 Å². The lowest BCUT2D eigenvalue weighted by Crippen LogP contribution is -2.36. The van der Waals surface area contributed by atoms with Crippen molar-refractivity contribution in [3.63, 3.8) is 0 Å². The van der Waals surface area contributed by atoms with Gasteiger partial charge in [-0.3, -0.25) is 9.78 Å². The van der Waals surface area contributed by atoms with E-state index in [9.17, 15) is 4.79 Å². The van der Waals surface area contributed by atoms with Gasteiger partial charge in [0.05, 0.1) is 24.6 Å². The molecule has 6 heteroatoms. The molecule has 4 aromatic rings. The van der Waals surface area contributed by atoms with Gasteiger partial charge in [0.2, 0.25) is 0 Å². The lowest BCUT2D eigenvalue weighted by molar-refractivity contribution is 0.0982. The molecule has 0 radical (unpaired) electrons. The first-order valence-corrected chi connectivity index (χ1v) is 11.4. The van der Waals surface area contributed by atoms with E-state index in [1.807, 2.05) is 53.6 Å². The average molecular weight is 426 g/mol. The van der Waals surface area contributed by atoms with Gasteiger partial charge in [-0.1, -0.05) is 54.8 Å². The van der Waals surface area contributed by atoms with E-state index in [1.165, 1.54) is 32.1 Å². The third kappa shape index (κ3) is 4.26. The molecule has 0 unspecified atom stereocenters. The second-order valence-corrected chi connectivity index (χ2v) is 8.55. The van der Waals surface area contributed by atoms with Gasteiger partial charge in [0.15, 0.2) is 0 Å². The average Bonchev–Trinajstić information content (AvgIpc) is 3.37. The molecule has 32 heavy (non-hydrogen) atoms. The van der Waals surface area contributed by atoms with Crippen LogP contribution in [0.5, 0.6) is 0 Å². The Labute approximate surface area is 187 Å². The molecule has 0 aliphatic heterocycles. The number of hydrogen-bond acceptors (Lipinski definition) is 4. The maximum atomic E-state index is 13.9. The van der Waals surface area contributed by atoms with Crippen LogP contribution in [0.4, 0.5) is 5.69 Å². The highest BCUT2D eigenvalue weighted by Gasteiger charge is 2.25. The maximum Gasteiger partial charge on any atom is 0.258 e. The molecule has 2 heterocycles. The summed E-state index contributed by atoms with van der Waals surface area (Å²) in [6.07, 6.45) is 13.2. The summed E-state index contributed by atoms with van der Waals surface area (Å²) in [5.74, 6) is 0.567. The maximum absolute atomic E-state index is 13.9. The number of nitrogens with zero attached hydrogens (tertiary/aromatic N) is 5. The molecule has 1 fully saturated rings. The Morgan fingerprint density at radius 2 is 1.81 bits per heavy atom. The first-order valence-electron chi connectivity index (χ1n) is 11.4. The fraction of sp³-hybridized carbons (Fsp3) is 0.308. The molecule has 1 saturated carbocycles. The lowest BCUT2D eigenvalue weighted by Gasteiger charge is -2.30. The summed E-state index contributed by atoms with van der Waals surface area (Å²) in [5, 5.41) is 10.0. The van der Waals surface area contributed by atoms with E-state index in [1.54, 1.807) is 23.3 Å². The third-order valence-electron chi connectivity index (χ3n) is 6.42. The fourth-order valence-electron chi connectivity index (χ4n) is 4.77. The van der Waals surface area contributed by atoms with Gasteiger partial charge in [-0.15, -0.1) is 5.10 Å². The minimum atomic E-state index is 0.0343. The molecule has 162 valence electrons. The van der Waals surface area contributed by atoms with E-state index >= 15 is 0 Å². The molecule has 1 amide bonds. The van der Waals surface area contributed by atoms with Crippen LogP contribution in [0.25, 0.3) is 10.8 Å². The molecule has 2 aromatic carbocycles. The number of anilines is 1. The van der Waals surface area contributed by atoms with E-state index in [4.69, 9.17) is 0 Å². The summed E-state index contributed by atoms with van der Waals surface area (Å²) >= 11 is 0. The Kier molecular flexibility index (Phi) is 5.92. The van der Waals surface area contributed by atoms with Crippen LogP contribution in [0.1, 0.15) is 48.0 Å². The zero-order valence-corrected chi connectivity index (χ0v) is 18.1. The van der Waals surface area contributed by atoms with E-state index in [0.717, 1.165) is 34.1 Å². The Balaban J connectivity index is 1.52. The van der Waals surface area contributed by atoms with E-state index in [-0.39, 0.29) is 5.91 Å². The predicted molar refractivity (Wildman–Crippen MR) is 126 cm³/mol. The first-order chi connectivity index (χ1) is 15.8. The summed E-state index contributed by atoms with van der Waals surface area (Å²) in [5.41, 5.74) is 2.70. The molecule has 0 spiro atoms. The van der Waals surface area contributed by atoms with Gasteiger partial charge in [0.1, 0.15) is 0 Å². The number of fused-ring (bicyclic) bond motifs is 1. The van der Waals surface area contributed by atoms with Crippen LogP contribution in [0.3, 0.4) is 0 Å². The minimum Gasteiger partial charge on any atom is -0.307 e. The normalized spacial score (nSPS) is 14.5. The van der Waals surface area contributed by atoms with Crippen molar-refractivity contribution in [2.24, 2.45) is 5.92 Å². The molecular formula is C26H27N5O. The number of aromatic nitrogens is 4. The first kappa shape index (κ1) is 20.4. The molecule has 1 aliphatic rings. The Hall–Kier alpha value is -3.54. The van der Waals surface area contributed by atoms with Crippen LogP contribution < -0.4 is 4.90 Å². The summed E-state index contributed by atoms with van der Waals surface area (Å²) in [7, 11) is 0. The van der Waals surface area contributed by atoms with Crippen molar-refractivity contribution in [3.8, 4) is 0 Å². The zero-order chi connectivity index (χ0) is 21.8. The monoisotopic (exact) mass is 425 g/mol. The van der Waals surface area contributed by atoms with Crippen molar-refractivity contribution < 1.29 is 4.79 Å². The zero-order valence-electron chi connectivity index (χ0n) is 18.1. The largest absolute Gasteiger partial charge is 0.307 e. The number of carbonyl (C=O) groups is 1. The molecule has 0 atom stereocenters. The van der Waals surface area contributed by atoms with Crippen molar-refractivity contribution in [2.45, 2.75) is 38.6 Å². The van der Waals surface area contributed by atoms with Gasteiger partial charge in [0.25, 0.3) is 5.91 Å². The third-order valence-corrected chi connectivity index (χ3v) is 6.42. The Morgan fingerprint density at radius 3 is 2.56 bits per heavy atom. The van der Waals surface area contributed by atoms with Crippen molar-refractivity contribution >= 4 is 22.4 Å². The van der Waals surface area contributed by atoms with Crippen LogP contribution in [0.15, 0.2) is 73.3 Å². The second kappa shape index (κ2) is 9.30. The van der Waals surface area contributed by atoms with Crippen LogP contribution in [-0.2, 0) is 6.54 Å². The van der Waals surface area contributed by atoms with Crippen LogP contribution >= 0.6 is 0 Å². The molecule has 1 aliphatic carbocycles. The predicted octanol–water partition coefficient (Wildman–Crippen LogP) is 5.10. The van der Waals surface area contributed by atoms with Gasteiger partial charge < -0.3 is 4.90 Å². The number of pyridine rings is 1. The van der Waals surface area contributed by atoms with Gasteiger partial charge in [-0.05, 0) is 53.3 Å². The fourth-order valence-corrected chi connectivity index (χ4v) is 4.77. The van der Waals surface area contributed by atoms with Gasteiger partial charge in [-0.25, -0.2) is 4.68 Å². The quantitative estimate of drug-likeness (QED) is 0.431. The van der Waals surface area contributed by atoms with E-state index in [0.29, 0.717) is 12.5 Å². The Bertz CT molecular complexity index is 1180. The minimum absolute atomic E-state index is 0.0343. The molecule has 0 bridgehead atoms. The molecule has 5 rings (SSSR count). The highest BCUT2D eigenvalue weighted by molar-refractivity contribution is 6.14. The summed E-state index contributed by atoms with van der Waals surface area (Å²) in [6, 6.07) is 16.0. The number of hydrogen-bond donors (Lipinski definition) is 0. The van der Waals surface area contributed by atoms with Crippen LogP contribution in [0.2, 0.25) is 0 Å². The van der Waals surface area contributed by atoms with Crippen LogP contribution in [0, 0.1) is 5.92 Å².